The van der Waals surface area contributed by atoms with Crippen molar-refractivity contribution in [3.63, 3.8) is 0 Å². The van der Waals surface area contributed by atoms with Crippen LogP contribution in [0, 0.1) is 5.41 Å². The highest BCUT2D eigenvalue weighted by Gasteiger charge is 2.18. The van der Waals surface area contributed by atoms with Crippen molar-refractivity contribution in [2.24, 2.45) is 11.1 Å². The van der Waals surface area contributed by atoms with Crippen LogP contribution in [0.1, 0.15) is 33.6 Å². The Labute approximate surface area is 85.4 Å². The fraction of sp³-hybridized carbons (Fsp3) is 0.900. The topological polar surface area (TPSA) is 72.5 Å². The van der Waals surface area contributed by atoms with Gasteiger partial charge in [0.15, 0.2) is 6.10 Å². The van der Waals surface area contributed by atoms with Gasteiger partial charge >= 0.3 is 5.97 Å². The summed E-state index contributed by atoms with van der Waals surface area (Å²) in [7, 11) is 0. The molecule has 0 aliphatic heterocycles. The molecule has 84 valence electrons. The first-order chi connectivity index (χ1) is 6.37. The molecular formula is C10H21NO3. The third-order valence-electron chi connectivity index (χ3n) is 1.88. The van der Waals surface area contributed by atoms with Crippen LogP contribution in [0.4, 0.5) is 0 Å². The van der Waals surface area contributed by atoms with E-state index in [0.29, 0.717) is 19.6 Å². The van der Waals surface area contributed by atoms with Gasteiger partial charge in [-0.05, 0) is 24.8 Å². The Morgan fingerprint density at radius 3 is 2.43 bits per heavy atom. The zero-order valence-corrected chi connectivity index (χ0v) is 9.25. The SMILES string of the molecule is CC(C)(C)CCOC(CCN)C(=O)O. The highest BCUT2D eigenvalue weighted by atomic mass is 16.5. The maximum Gasteiger partial charge on any atom is 0.332 e. The molecule has 0 fully saturated rings. The summed E-state index contributed by atoms with van der Waals surface area (Å²) in [4.78, 5) is 10.7. The lowest BCUT2D eigenvalue weighted by atomic mass is 9.93. The van der Waals surface area contributed by atoms with Crippen LogP contribution in [0.3, 0.4) is 0 Å². The summed E-state index contributed by atoms with van der Waals surface area (Å²) in [5.41, 5.74) is 5.45. The minimum Gasteiger partial charge on any atom is -0.479 e. The normalized spacial score (nSPS) is 14.0. The average molecular weight is 203 g/mol. The van der Waals surface area contributed by atoms with E-state index in [9.17, 15) is 4.79 Å². The Bertz CT molecular complexity index is 175. The highest BCUT2D eigenvalue weighted by molar-refractivity contribution is 5.72. The molecule has 0 bridgehead atoms. The molecule has 0 aliphatic rings. The molecule has 1 atom stereocenters. The van der Waals surface area contributed by atoms with Crippen molar-refractivity contribution >= 4 is 5.97 Å². The van der Waals surface area contributed by atoms with E-state index in [-0.39, 0.29) is 5.41 Å². The molecule has 4 heteroatoms. The second-order valence-corrected chi connectivity index (χ2v) is 4.59. The summed E-state index contributed by atoms with van der Waals surface area (Å²) < 4.78 is 5.24. The summed E-state index contributed by atoms with van der Waals surface area (Å²) in [5.74, 6) is -0.927. The van der Waals surface area contributed by atoms with Crippen molar-refractivity contribution in [1.82, 2.24) is 0 Å². The van der Waals surface area contributed by atoms with Crippen LogP contribution in [0.15, 0.2) is 0 Å². The van der Waals surface area contributed by atoms with Crippen LogP contribution in [-0.2, 0) is 9.53 Å². The van der Waals surface area contributed by atoms with Crippen LogP contribution < -0.4 is 5.73 Å². The quantitative estimate of drug-likeness (QED) is 0.681. The largest absolute Gasteiger partial charge is 0.479 e. The molecule has 0 aliphatic carbocycles. The van der Waals surface area contributed by atoms with Crippen LogP contribution in [0.5, 0.6) is 0 Å². The number of hydrogen-bond acceptors (Lipinski definition) is 3. The third-order valence-corrected chi connectivity index (χ3v) is 1.88. The predicted molar refractivity (Wildman–Crippen MR) is 55.1 cm³/mol. The van der Waals surface area contributed by atoms with Crippen molar-refractivity contribution in [2.75, 3.05) is 13.2 Å². The van der Waals surface area contributed by atoms with Gasteiger partial charge in [0.25, 0.3) is 0 Å². The molecule has 4 nitrogen and oxygen atoms in total. The summed E-state index contributed by atoms with van der Waals surface area (Å²) in [6.45, 7) is 7.09. The monoisotopic (exact) mass is 203 g/mol. The average Bonchev–Trinajstić information content (AvgIpc) is 2.00. The highest BCUT2D eigenvalue weighted by Crippen LogP contribution is 2.18. The van der Waals surface area contributed by atoms with Gasteiger partial charge in [-0.25, -0.2) is 4.79 Å². The third kappa shape index (κ3) is 6.86. The van der Waals surface area contributed by atoms with Gasteiger partial charge in [0.2, 0.25) is 0 Å². The molecule has 0 saturated carbocycles. The number of rotatable bonds is 6. The molecule has 1 unspecified atom stereocenters. The van der Waals surface area contributed by atoms with E-state index in [1.165, 1.54) is 0 Å². The van der Waals surface area contributed by atoms with Crippen LogP contribution >= 0.6 is 0 Å². The number of carboxylic acid groups (broad SMARTS) is 1. The van der Waals surface area contributed by atoms with Crippen molar-refractivity contribution in [2.45, 2.75) is 39.7 Å². The van der Waals surface area contributed by atoms with Crippen LogP contribution in [0.25, 0.3) is 0 Å². The van der Waals surface area contributed by atoms with E-state index in [2.05, 4.69) is 20.8 Å². The fourth-order valence-electron chi connectivity index (χ4n) is 0.937. The Morgan fingerprint density at radius 1 is 1.50 bits per heavy atom. The van der Waals surface area contributed by atoms with Crippen molar-refractivity contribution in [1.29, 1.82) is 0 Å². The van der Waals surface area contributed by atoms with E-state index in [1.54, 1.807) is 0 Å². The molecule has 0 aromatic heterocycles. The van der Waals surface area contributed by atoms with Crippen LogP contribution in [-0.4, -0.2) is 30.3 Å². The smallest absolute Gasteiger partial charge is 0.332 e. The van der Waals surface area contributed by atoms with Gasteiger partial charge < -0.3 is 15.6 Å². The molecule has 0 amide bonds. The van der Waals surface area contributed by atoms with Crippen molar-refractivity contribution in [3.05, 3.63) is 0 Å². The van der Waals surface area contributed by atoms with Gasteiger partial charge in [-0.1, -0.05) is 20.8 Å². The van der Waals surface area contributed by atoms with Gasteiger partial charge in [0.05, 0.1) is 0 Å². The van der Waals surface area contributed by atoms with Gasteiger partial charge in [-0.2, -0.15) is 0 Å². The number of nitrogens with two attached hydrogens (primary N) is 1. The van der Waals surface area contributed by atoms with Crippen molar-refractivity contribution in [3.8, 4) is 0 Å². The van der Waals surface area contributed by atoms with Gasteiger partial charge in [-0.3, -0.25) is 0 Å². The zero-order chi connectivity index (χ0) is 11.2. The van der Waals surface area contributed by atoms with Gasteiger partial charge in [0.1, 0.15) is 0 Å². The standard InChI is InChI=1S/C10H21NO3/c1-10(2,3)5-7-14-8(4-6-11)9(12)13/h8H,4-7,11H2,1-3H3,(H,12,13). The molecule has 0 aromatic rings. The van der Waals surface area contributed by atoms with Gasteiger partial charge in [0, 0.05) is 6.61 Å². The molecule has 0 aromatic carbocycles. The summed E-state index contributed by atoms with van der Waals surface area (Å²) in [6.07, 6.45) is 0.475. The second kappa shape index (κ2) is 5.98. The molecule has 14 heavy (non-hydrogen) atoms. The number of ether oxygens (including phenoxy) is 1. The molecule has 0 saturated heterocycles. The molecule has 3 N–H and O–H groups in total. The maximum atomic E-state index is 10.7. The summed E-state index contributed by atoms with van der Waals surface area (Å²) in [5, 5.41) is 8.75. The Balaban J connectivity index is 3.77. The number of hydrogen-bond donors (Lipinski definition) is 2. The van der Waals surface area contributed by atoms with E-state index in [4.69, 9.17) is 15.6 Å². The maximum absolute atomic E-state index is 10.7. The molecule has 0 radical (unpaired) electrons. The Kier molecular flexibility index (Phi) is 5.72. The molecule has 0 heterocycles. The van der Waals surface area contributed by atoms with Crippen LogP contribution in [0.2, 0.25) is 0 Å². The number of carboxylic acids is 1. The van der Waals surface area contributed by atoms with E-state index in [0.717, 1.165) is 6.42 Å². The Morgan fingerprint density at radius 2 is 2.07 bits per heavy atom. The minimum absolute atomic E-state index is 0.172. The predicted octanol–water partition coefficient (Wildman–Crippen LogP) is 1.24. The first-order valence-corrected chi connectivity index (χ1v) is 4.91. The first kappa shape index (κ1) is 13.4. The first-order valence-electron chi connectivity index (χ1n) is 4.91. The Hall–Kier alpha value is -0.610. The molecular weight excluding hydrogens is 182 g/mol. The lowest BCUT2D eigenvalue weighted by Gasteiger charge is -2.19. The summed E-state index contributed by atoms with van der Waals surface area (Å²) >= 11 is 0. The van der Waals surface area contributed by atoms with Gasteiger partial charge in [-0.15, -0.1) is 0 Å². The summed E-state index contributed by atoms with van der Waals surface area (Å²) in [6, 6.07) is 0. The lowest BCUT2D eigenvalue weighted by Crippen LogP contribution is -2.28. The zero-order valence-electron chi connectivity index (χ0n) is 9.25. The molecule has 0 rings (SSSR count). The lowest BCUT2D eigenvalue weighted by molar-refractivity contribution is -0.151. The number of carbonyl (C=O) groups is 1. The number of aliphatic carboxylic acids is 1. The van der Waals surface area contributed by atoms with Crippen molar-refractivity contribution < 1.29 is 14.6 Å². The fourth-order valence-corrected chi connectivity index (χ4v) is 0.937. The van der Waals surface area contributed by atoms with E-state index in [1.807, 2.05) is 0 Å². The minimum atomic E-state index is -0.927. The van der Waals surface area contributed by atoms with E-state index >= 15 is 0 Å². The second-order valence-electron chi connectivity index (χ2n) is 4.59. The van der Waals surface area contributed by atoms with E-state index < -0.39 is 12.1 Å². The molecule has 0 spiro atoms.